The predicted octanol–water partition coefficient (Wildman–Crippen LogP) is 1.35. The Kier molecular flexibility index (Phi) is 2.07. The van der Waals surface area contributed by atoms with Gasteiger partial charge in [-0.25, -0.2) is 0 Å². The highest BCUT2D eigenvalue weighted by Crippen LogP contribution is 2.10. The Morgan fingerprint density at radius 3 is 3.00 bits per heavy atom. The van der Waals surface area contributed by atoms with Gasteiger partial charge in [-0.05, 0) is 18.6 Å². The van der Waals surface area contributed by atoms with Crippen LogP contribution in [0.15, 0.2) is 18.3 Å². The minimum Gasteiger partial charge on any atom is -0.268 e. The Labute approximate surface area is 65.6 Å². The summed E-state index contributed by atoms with van der Waals surface area (Å²) < 4.78 is 1.74. The monoisotopic (exact) mass is 147 g/mol. The number of nitrogens with zero attached hydrogens (tertiary/aromatic N) is 3. The molecule has 11 heavy (non-hydrogen) atoms. The molecule has 0 aliphatic rings. The van der Waals surface area contributed by atoms with Crippen LogP contribution in [-0.2, 0) is 7.05 Å². The summed E-state index contributed by atoms with van der Waals surface area (Å²) in [6.45, 7) is 1.89. The molecule has 0 N–H and O–H groups in total. The number of allylic oxidation sites excluding steroid dienone is 2. The van der Waals surface area contributed by atoms with Gasteiger partial charge >= 0.3 is 0 Å². The van der Waals surface area contributed by atoms with Crippen LogP contribution in [0.5, 0.6) is 0 Å². The van der Waals surface area contributed by atoms with Crippen molar-refractivity contribution >= 4 is 5.57 Å². The summed E-state index contributed by atoms with van der Waals surface area (Å²) in [5, 5.41) is 12.4. The molecule has 0 saturated carbocycles. The van der Waals surface area contributed by atoms with E-state index in [0.717, 1.165) is 11.3 Å². The number of aromatic nitrogens is 2. The first-order chi connectivity index (χ1) is 5.25. The average Bonchev–Trinajstić information content (AvgIpc) is 2.36. The number of hydrogen-bond donors (Lipinski definition) is 0. The molecule has 0 bridgehead atoms. The van der Waals surface area contributed by atoms with Gasteiger partial charge in [-0.1, -0.05) is 0 Å². The fourth-order valence-electron chi connectivity index (χ4n) is 0.931. The van der Waals surface area contributed by atoms with Crippen molar-refractivity contribution in [1.82, 2.24) is 9.78 Å². The Morgan fingerprint density at radius 1 is 1.82 bits per heavy atom. The van der Waals surface area contributed by atoms with Crippen LogP contribution in [0.1, 0.15) is 12.6 Å². The summed E-state index contributed by atoms with van der Waals surface area (Å²) >= 11 is 0. The maximum atomic E-state index is 8.37. The number of aryl methyl sites for hydroxylation is 1. The van der Waals surface area contributed by atoms with E-state index < -0.39 is 0 Å². The fourth-order valence-corrected chi connectivity index (χ4v) is 0.931. The minimum absolute atomic E-state index is 0.938. The van der Waals surface area contributed by atoms with Crippen molar-refractivity contribution in [1.29, 1.82) is 5.26 Å². The lowest BCUT2D eigenvalue weighted by Gasteiger charge is -1.98. The fraction of sp³-hybridized carbons (Fsp3) is 0.250. The van der Waals surface area contributed by atoms with Crippen LogP contribution in [0.2, 0.25) is 0 Å². The third-order valence-corrected chi connectivity index (χ3v) is 1.51. The van der Waals surface area contributed by atoms with E-state index in [2.05, 4.69) is 5.10 Å². The second-order valence-corrected chi connectivity index (χ2v) is 2.30. The zero-order valence-electron chi connectivity index (χ0n) is 6.57. The molecule has 0 aromatic carbocycles. The first kappa shape index (κ1) is 7.55. The lowest BCUT2D eigenvalue weighted by Crippen LogP contribution is -1.94. The van der Waals surface area contributed by atoms with Crippen LogP contribution in [0.4, 0.5) is 0 Å². The van der Waals surface area contributed by atoms with Crippen LogP contribution in [0.3, 0.4) is 0 Å². The third-order valence-electron chi connectivity index (χ3n) is 1.51. The average molecular weight is 147 g/mol. The molecule has 1 aromatic rings. The van der Waals surface area contributed by atoms with Gasteiger partial charge < -0.3 is 0 Å². The Morgan fingerprint density at radius 2 is 2.55 bits per heavy atom. The SMILES string of the molecule is CC(=CC#N)c1ccnn1C. The summed E-state index contributed by atoms with van der Waals surface area (Å²) in [5.41, 5.74) is 1.92. The summed E-state index contributed by atoms with van der Waals surface area (Å²) in [5.74, 6) is 0. The summed E-state index contributed by atoms with van der Waals surface area (Å²) in [6, 6.07) is 3.86. The second-order valence-electron chi connectivity index (χ2n) is 2.30. The molecule has 1 heterocycles. The highest BCUT2D eigenvalue weighted by molar-refractivity contribution is 5.62. The van der Waals surface area contributed by atoms with Gasteiger partial charge in [-0.15, -0.1) is 0 Å². The van der Waals surface area contributed by atoms with Gasteiger partial charge in [0.15, 0.2) is 0 Å². The van der Waals surface area contributed by atoms with E-state index in [9.17, 15) is 0 Å². The summed E-state index contributed by atoms with van der Waals surface area (Å²) in [6.07, 6.45) is 3.22. The normalized spacial score (nSPS) is 11.2. The van der Waals surface area contributed by atoms with E-state index in [4.69, 9.17) is 5.26 Å². The molecule has 0 aliphatic carbocycles. The maximum absolute atomic E-state index is 8.37. The van der Waals surface area contributed by atoms with E-state index in [1.165, 1.54) is 6.08 Å². The molecule has 0 fully saturated rings. The molecule has 0 saturated heterocycles. The van der Waals surface area contributed by atoms with Gasteiger partial charge in [0.25, 0.3) is 0 Å². The largest absolute Gasteiger partial charge is 0.268 e. The Balaban J connectivity index is 3.04. The lowest BCUT2D eigenvalue weighted by molar-refractivity contribution is 0.756. The maximum Gasteiger partial charge on any atom is 0.0915 e. The van der Waals surface area contributed by atoms with E-state index >= 15 is 0 Å². The van der Waals surface area contributed by atoms with E-state index in [1.54, 1.807) is 10.9 Å². The molecule has 3 nitrogen and oxygen atoms in total. The van der Waals surface area contributed by atoms with Gasteiger partial charge in [-0.2, -0.15) is 10.4 Å². The van der Waals surface area contributed by atoms with Crippen molar-refractivity contribution in [2.45, 2.75) is 6.92 Å². The first-order valence-corrected chi connectivity index (χ1v) is 3.30. The minimum atomic E-state index is 0.938. The highest BCUT2D eigenvalue weighted by atomic mass is 15.3. The number of rotatable bonds is 1. The van der Waals surface area contributed by atoms with E-state index in [-0.39, 0.29) is 0 Å². The van der Waals surface area contributed by atoms with Gasteiger partial charge in [0.2, 0.25) is 0 Å². The molecule has 0 atom stereocenters. The molecule has 0 amide bonds. The molecule has 3 heteroatoms. The molecule has 56 valence electrons. The Hall–Kier alpha value is -1.56. The van der Waals surface area contributed by atoms with Gasteiger partial charge in [0.05, 0.1) is 11.8 Å². The quantitative estimate of drug-likeness (QED) is 0.562. The smallest absolute Gasteiger partial charge is 0.0915 e. The molecule has 0 unspecified atom stereocenters. The summed E-state index contributed by atoms with van der Waals surface area (Å²) in [7, 11) is 1.85. The topological polar surface area (TPSA) is 41.6 Å². The molecule has 0 spiro atoms. The van der Waals surface area contributed by atoms with Gasteiger partial charge in [0, 0.05) is 19.3 Å². The zero-order chi connectivity index (χ0) is 8.27. The van der Waals surface area contributed by atoms with E-state index in [0.29, 0.717) is 0 Å². The van der Waals surface area contributed by atoms with Crippen molar-refractivity contribution in [3.63, 3.8) is 0 Å². The molecule has 0 radical (unpaired) electrons. The van der Waals surface area contributed by atoms with Crippen molar-refractivity contribution in [3.8, 4) is 6.07 Å². The van der Waals surface area contributed by atoms with Gasteiger partial charge in [0.1, 0.15) is 0 Å². The van der Waals surface area contributed by atoms with Crippen LogP contribution in [0, 0.1) is 11.3 Å². The molecular formula is C8H9N3. The molecular weight excluding hydrogens is 138 g/mol. The standard InChI is InChI=1S/C8H9N3/c1-7(3-5-9)8-4-6-10-11(8)2/h3-4,6H,1-2H3. The van der Waals surface area contributed by atoms with Crippen molar-refractivity contribution in [2.24, 2.45) is 7.05 Å². The summed E-state index contributed by atoms with van der Waals surface area (Å²) in [4.78, 5) is 0. The molecule has 1 rings (SSSR count). The molecule has 0 aliphatic heterocycles. The van der Waals surface area contributed by atoms with Crippen molar-refractivity contribution in [2.75, 3.05) is 0 Å². The third kappa shape index (κ3) is 1.47. The van der Waals surface area contributed by atoms with Crippen LogP contribution < -0.4 is 0 Å². The van der Waals surface area contributed by atoms with Crippen LogP contribution in [0.25, 0.3) is 5.57 Å². The number of nitriles is 1. The highest BCUT2D eigenvalue weighted by Gasteiger charge is 1.98. The van der Waals surface area contributed by atoms with E-state index in [1.807, 2.05) is 26.1 Å². The van der Waals surface area contributed by atoms with Crippen LogP contribution >= 0.6 is 0 Å². The molecule has 1 aromatic heterocycles. The zero-order valence-corrected chi connectivity index (χ0v) is 6.57. The van der Waals surface area contributed by atoms with Crippen molar-refractivity contribution in [3.05, 3.63) is 24.0 Å². The Bertz CT molecular complexity index is 314. The second kappa shape index (κ2) is 3.02. The lowest BCUT2D eigenvalue weighted by atomic mass is 10.2. The van der Waals surface area contributed by atoms with Crippen LogP contribution in [-0.4, -0.2) is 9.78 Å². The van der Waals surface area contributed by atoms with Crippen molar-refractivity contribution < 1.29 is 0 Å². The number of hydrogen-bond acceptors (Lipinski definition) is 2. The van der Waals surface area contributed by atoms with Gasteiger partial charge in [-0.3, -0.25) is 4.68 Å². The first-order valence-electron chi connectivity index (χ1n) is 3.30. The predicted molar refractivity (Wildman–Crippen MR) is 42.5 cm³/mol.